The maximum absolute atomic E-state index is 5.89. The van der Waals surface area contributed by atoms with Gasteiger partial charge < -0.3 is 15.2 Å². The molecule has 1 atom stereocenters. The highest BCUT2D eigenvalue weighted by molar-refractivity contribution is 4.82. The monoisotopic (exact) mass is 159 g/mol. The molecule has 0 bridgehead atoms. The summed E-state index contributed by atoms with van der Waals surface area (Å²) < 4.78 is 10.1. The van der Waals surface area contributed by atoms with E-state index in [1.807, 2.05) is 0 Å². The Morgan fingerprint density at radius 1 is 1.27 bits per heavy atom. The van der Waals surface area contributed by atoms with Gasteiger partial charge in [-0.2, -0.15) is 0 Å². The Kier molecular flexibility index (Phi) is 3.30. The van der Waals surface area contributed by atoms with E-state index in [-0.39, 0.29) is 12.3 Å². The third kappa shape index (κ3) is 1.92. The Bertz CT molecular complexity index is 111. The van der Waals surface area contributed by atoms with Gasteiger partial charge in [0.05, 0.1) is 6.04 Å². The summed E-state index contributed by atoms with van der Waals surface area (Å²) in [6.45, 7) is 0. The Hall–Kier alpha value is -0.120. The summed E-state index contributed by atoms with van der Waals surface area (Å²) in [6.07, 6.45) is 3.54. The number of rotatable bonds is 4. The van der Waals surface area contributed by atoms with Gasteiger partial charge in [0, 0.05) is 14.2 Å². The highest BCUT2D eigenvalue weighted by Crippen LogP contribution is 2.30. The molecule has 0 radical (unpaired) electrons. The third-order valence-electron chi connectivity index (χ3n) is 2.47. The van der Waals surface area contributed by atoms with Crippen LogP contribution in [0, 0.1) is 5.92 Å². The van der Waals surface area contributed by atoms with Crippen molar-refractivity contribution in [2.24, 2.45) is 11.7 Å². The van der Waals surface area contributed by atoms with E-state index in [1.165, 1.54) is 19.3 Å². The van der Waals surface area contributed by atoms with Crippen LogP contribution in [-0.2, 0) is 9.47 Å². The molecular weight excluding hydrogens is 142 g/mol. The second kappa shape index (κ2) is 4.04. The molecule has 0 saturated heterocycles. The van der Waals surface area contributed by atoms with E-state index in [2.05, 4.69) is 0 Å². The van der Waals surface area contributed by atoms with Crippen molar-refractivity contribution >= 4 is 0 Å². The van der Waals surface area contributed by atoms with Crippen molar-refractivity contribution in [3.05, 3.63) is 0 Å². The molecule has 1 aliphatic carbocycles. The van der Waals surface area contributed by atoms with E-state index in [4.69, 9.17) is 15.2 Å². The number of nitrogens with two attached hydrogens (primary N) is 1. The first-order valence-corrected chi connectivity index (χ1v) is 4.10. The minimum absolute atomic E-state index is 0.0544. The third-order valence-corrected chi connectivity index (χ3v) is 2.47. The zero-order valence-electron chi connectivity index (χ0n) is 7.25. The molecule has 0 aromatic heterocycles. The van der Waals surface area contributed by atoms with E-state index in [1.54, 1.807) is 14.2 Å². The molecule has 0 amide bonds. The van der Waals surface area contributed by atoms with Crippen LogP contribution < -0.4 is 5.73 Å². The highest BCUT2D eigenvalue weighted by atomic mass is 16.7. The summed E-state index contributed by atoms with van der Waals surface area (Å²) in [5, 5.41) is 0. The molecular formula is C8H17NO2. The average molecular weight is 159 g/mol. The summed E-state index contributed by atoms with van der Waals surface area (Å²) in [6, 6.07) is 0.0544. The van der Waals surface area contributed by atoms with Gasteiger partial charge in [0.1, 0.15) is 0 Å². The average Bonchev–Trinajstić information content (AvgIpc) is 1.86. The molecule has 3 heteroatoms. The minimum Gasteiger partial charge on any atom is -0.354 e. The zero-order valence-corrected chi connectivity index (χ0v) is 7.25. The van der Waals surface area contributed by atoms with E-state index in [0.717, 1.165) is 0 Å². The van der Waals surface area contributed by atoms with E-state index < -0.39 is 0 Å². The molecule has 0 heterocycles. The van der Waals surface area contributed by atoms with Crippen LogP contribution in [0.3, 0.4) is 0 Å². The molecule has 1 unspecified atom stereocenters. The largest absolute Gasteiger partial charge is 0.354 e. The Balaban J connectivity index is 2.30. The normalized spacial score (nSPS) is 21.8. The quantitative estimate of drug-likeness (QED) is 0.615. The second-order valence-corrected chi connectivity index (χ2v) is 3.11. The molecule has 0 aromatic carbocycles. The molecule has 3 nitrogen and oxygen atoms in total. The predicted octanol–water partition coefficient (Wildman–Crippen LogP) is 0.733. The summed E-state index contributed by atoms with van der Waals surface area (Å²) in [7, 11) is 3.26. The van der Waals surface area contributed by atoms with Gasteiger partial charge >= 0.3 is 0 Å². The summed E-state index contributed by atoms with van der Waals surface area (Å²) in [5.74, 6) is 0.611. The van der Waals surface area contributed by atoms with Gasteiger partial charge in [-0.15, -0.1) is 0 Å². The lowest BCUT2D eigenvalue weighted by atomic mass is 9.80. The van der Waals surface area contributed by atoms with Gasteiger partial charge in [0.25, 0.3) is 0 Å². The van der Waals surface area contributed by atoms with Gasteiger partial charge in [-0.25, -0.2) is 0 Å². The molecule has 0 aromatic rings. The van der Waals surface area contributed by atoms with Crippen molar-refractivity contribution in [3.8, 4) is 0 Å². The molecule has 1 rings (SSSR count). The zero-order chi connectivity index (χ0) is 8.27. The van der Waals surface area contributed by atoms with Crippen LogP contribution in [0.5, 0.6) is 0 Å². The minimum atomic E-state index is -0.222. The number of ether oxygens (including phenoxy) is 2. The van der Waals surface area contributed by atoms with Gasteiger partial charge in [0.2, 0.25) is 0 Å². The van der Waals surface area contributed by atoms with Crippen LogP contribution in [-0.4, -0.2) is 26.6 Å². The van der Waals surface area contributed by atoms with Crippen molar-refractivity contribution in [2.45, 2.75) is 31.6 Å². The maximum atomic E-state index is 5.89. The molecule has 1 fully saturated rings. The first kappa shape index (κ1) is 8.97. The molecule has 0 aliphatic heterocycles. The van der Waals surface area contributed by atoms with Crippen LogP contribution >= 0.6 is 0 Å². The maximum Gasteiger partial charge on any atom is 0.172 e. The fraction of sp³-hybridized carbons (Fsp3) is 1.00. The standard InChI is InChI=1S/C8H17NO2/c1-10-8(11-2)7(9)6-4-3-5-6/h6-8H,3-5,9H2,1-2H3. The molecule has 66 valence electrons. The van der Waals surface area contributed by atoms with Gasteiger partial charge in [-0.1, -0.05) is 6.42 Å². The lowest BCUT2D eigenvalue weighted by Crippen LogP contribution is -2.45. The van der Waals surface area contributed by atoms with Crippen molar-refractivity contribution in [1.29, 1.82) is 0 Å². The van der Waals surface area contributed by atoms with Crippen molar-refractivity contribution in [2.75, 3.05) is 14.2 Å². The topological polar surface area (TPSA) is 44.5 Å². The van der Waals surface area contributed by atoms with Crippen molar-refractivity contribution in [1.82, 2.24) is 0 Å². The van der Waals surface area contributed by atoms with Crippen LogP contribution in [0.1, 0.15) is 19.3 Å². The highest BCUT2D eigenvalue weighted by Gasteiger charge is 2.30. The Morgan fingerprint density at radius 3 is 2.09 bits per heavy atom. The first-order chi connectivity index (χ1) is 5.29. The van der Waals surface area contributed by atoms with Crippen LogP contribution in [0.4, 0.5) is 0 Å². The van der Waals surface area contributed by atoms with E-state index >= 15 is 0 Å². The molecule has 0 spiro atoms. The lowest BCUT2D eigenvalue weighted by molar-refractivity contribution is -0.130. The SMILES string of the molecule is COC(OC)C(N)C1CCC1. The van der Waals surface area contributed by atoms with Gasteiger partial charge in [0.15, 0.2) is 6.29 Å². The molecule has 2 N–H and O–H groups in total. The smallest absolute Gasteiger partial charge is 0.172 e. The summed E-state index contributed by atoms with van der Waals surface area (Å²) in [5.41, 5.74) is 5.89. The van der Waals surface area contributed by atoms with Crippen LogP contribution in [0.25, 0.3) is 0 Å². The predicted molar refractivity (Wildman–Crippen MR) is 43.1 cm³/mol. The fourth-order valence-electron chi connectivity index (χ4n) is 1.46. The van der Waals surface area contributed by atoms with Crippen LogP contribution in [0.15, 0.2) is 0 Å². The second-order valence-electron chi connectivity index (χ2n) is 3.11. The Morgan fingerprint density at radius 2 is 1.82 bits per heavy atom. The van der Waals surface area contributed by atoms with Gasteiger partial charge in [-0.05, 0) is 18.8 Å². The van der Waals surface area contributed by atoms with Crippen molar-refractivity contribution in [3.63, 3.8) is 0 Å². The molecule has 1 aliphatic rings. The van der Waals surface area contributed by atoms with Crippen LogP contribution in [0.2, 0.25) is 0 Å². The summed E-state index contributed by atoms with van der Waals surface area (Å²) in [4.78, 5) is 0. The summed E-state index contributed by atoms with van der Waals surface area (Å²) >= 11 is 0. The molecule has 11 heavy (non-hydrogen) atoms. The number of hydrogen-bond donors (Lipinski definition) is 1. The lowest BCUT2D eigenvalue weighted by Gasteiger charge is -2.34. The number of hydrogen-bond acceptors (Lipinski definition) is 3. The fourth-order valence-corrected chi connectivity index (χ4v) is 1.46. The van der Waals surface area contributed by atoms with Crippen molar-refractivity contribution < 1.29 is 9.47 Å². The molecule has 1 saturated carbocycles. The van der Waals surface area contributed by atoms with E-state index in [9.17, 15) is 0 Å². The van der Waals surface area contributed by atoms with E-state index in [0.29, 0.717) is 5.92 Å². The van der Waals surface area contributed by atoms with Gasteiger partial charge in [-0.3, -0.25) is 0 Å². The Labute approximate surface area is 67.9 Å². The first-order valence-electron chi connectivity index (χ1n) is 4.10. The number of methoxy groups -OCH3 is 2.